The van der Waals surface area contributed by atoms with Crippen LogP contribution in [0.2, 0.25) is 0 Å². The summed E-state index contributed by atoms with van der Waals surface area (Å²) >= 11 is 0. The number of aromatic nitrogens is 3. The lowest BCUT2D eigenvalue weighted by Gasteiger charge is -2.06. The van der Waals surface area contributed by atoms with Crippen molar-refractivity contribution >= 4 is 16.0 Å². The van der Waals surface area contributed by atoms with Gasteiger partial charge in [0.25, 0.3) is 10.0 Å². The minimum Gasteiger partial charge on any atom is -0.313 e. The Bertz CT molecular complexity index is 643. The molecule has 0 unspecified atom stereocenters. The van der Waals surface area contributed by atoms with Crippen molar-refractivity contribution in [1.29, 1.82) is 0 Å². The molecule has 7 nitrogen and oxygen atoms in total. The van der Waals surface area contributed by atoms with Gasteiger partial charge in [0.1, 0.15) is 0 Å². The summed E-state index contributed by atoms with van der Waals surface area (Å²) in [7, 11) is -3.76. The lowest BCUT2D eigenvalue weighted by Crippen LogP contribution is -2.17. The molecule has 2 N–H and O–H groups in total. The molecule has 0 bridgehead atoms. The van der Waals surface area contributed by atoms with Crippen LogP contribution in [0.1, 0.15) is 12.5 Å². The molecular weight excluding hydrogens is 278 g/mol. The Morgan fingerprint density at radius 3 is 2.50 bits per heavy atom. The molecule has 2 rings (SSSR count). The van der Waals surface area contributed by atoms with Crippen molar-refractivity contribution in [3.05, 3.63) is 42.4 Å². The summed E-state index contributed by atoms with van der Waals surface area (Å²) in [4.78, 5) is 11.6. The molecule has 8 heteroatoms. The van der Waals surface area contributed by atoms with Crippen molar-refractivity contribution in [2.75, 3.05) is 11.3 Å². The fourth-order valence-electron chi connectivity index (χ4n) is 1.47. The Balaban J connectivity index is 2.13. The third-order valence-corrected chi connectivity index (χ3v) is 3.69. The third kappa shape index (κ3) is 3.72. The summed E-state index contributed by atoms with van der Waals surface area (Å²) in [6.45, 7) is 3.49. The van der Waals surface area contributed by atoms with Gasteiger partial charge in [0.05, 0.1) is 0 Å². The zero-order chi connectivity index (χ0) is 14.4. The maximum atomic E-state index is 12.1. The standard InChI is InChI=1S/C12H15N5O2S/c1-2-13-8-10-4-5-11(16-9-10)20(18,19)17-12-14-6-3-7-15-12/h3-7,9,13H,2,8H2,1H3,(H,14,15,17). The Kier molecular flexibility index (Phi) is 4.59. The smallest absolute Gasteiger partial charge is 0.281 e. The van der Waals surface area contributed by atoms with Gasteiger partial charge >= 0.3 is 0 Å². The molecule has 2 heterocycles. The SMILES string of the molecule is CCNCc1ccc(S(=O)(=O)Nc2ncccn2)nc1. The Morgan fingerprint density at radius 1 is 1.15 bits per heavy atom. The average molecular weight is 293 g/mol. The zero-order valence-corrected chi connectivity index (χ0v) is 11.8. The largest absolute Gasteiger partial charge is 0.313 e. The van der Waals surface area contributed by atoms with E-state index in [1.807, 2.05) is 6.92 Å². The number of hydrogen-bond acceptors (Lipinski definition) is 6. The summed E-state index contributed by atoms with van der Waals surface area (Å²) in [5.41, 5.74) is 0.918. The second-order valence-electron chi connectivity index (χ2n) is 3.96. The highest BCUT2D eigenvalue weighted by molar-refractivity contribution is 7.92. The number of nitrogens with zero attached hydrogens (tertiary/aromatic N) is 3. The fourth-order valence-corrected chi connectivity index (χ4v) is 2.36. The summed E-state index contributed by atoms with van der Waals surface area (Å²) < 4.78 is 26.4. The van der Waals surface area contributed by atoms with Gasteiger partial charge in [0.15, 0.2) is 5.03 Å². The van der Waals surface area contributed by atoms with Crippen LogP contribution in [0.25, 0.3) is 0 Å². The van der Waals surface area contributed by atoms with Gasteiger partial charge in [-0.3, -0.25) is 0 Å². The van der Waals surface area contributed by atoms with Crippen LogP contribution in [0.4, 0.5) is 5.95 Å². The molecule has 0 saturated carbocycles. The van der Waals surface area contributed by atoms with Crippen molar-refractivity contribution in [1.82, 2.24) is 20.3 Å². The first-order chi connectivity index (χ1) is 9.62. The molecular formula is C12H15N5O2S. The minimum absolute atomic E-state index is 0.0195. The van der Waals surface area contributed by atoms with Crippen LogP contribution in [0.3, 0.4) is 0 Å². The van der Waals surface area contributed by atoms with E-state index in [1.165, 1.54) is 24.7 Å². The molecule has 0 saturated heterocycles. The summed E-state index contributed by atoms with van der Waals surface area (Å²) in [6.07, 6.45) is 4.44. The molecule has 106 valence electrons. The normalized spacial score (nSPS) is 11.2. The molecule has 20 heavy (non-hydrogen) atoms. The quantitative estimate of drug-likeness (QED) is 0.817. The predicted molar refractivity (Wildman–Crippen MR) is 74.5 cm³/mol. The molecule has 0 aliphatic heterocycles. The number of anilines is 1. The van der Waals surface area contributed by atoms with Gasteiger partial charge in [0, 0.05) is 25.1 Å². The molecule has 0 aliphatic rings. The van der Waals surface area contributed by atoms with Crippen LogP contribution in [-0.2, 0) is 16.6 Å². The van der Waals surface area contributed by atoms with Gasteiger partial charge in [-0.1, -0.05) is 13.0 Å². The van der Waals surface area contributed by atoms with E-state index in [4.69, 9.17) is 0 Å². The first-order valence-electron chi connectivity index (χ1n) is 6.07. The van der Waals surface area contributed by atoms with Crippen molar-refractivity contribution in [3.8, 4) is 0 Å². The molecule has 0 aromatic carbocycles. The van der Waals surface area contributed by atoms with E-state index in [2.05, 4.69) is 25.0 Å². The highest BCUT2D eigenvalue weighted by Crippen LogP contribution is 2.10. The van der Waals surface area contributed by atoms with Gasteiger partial charge in [0.2, 0.25) is 5.95 Å². The monoisotopic (exact) mass is 293 g/mol. The van der Waals surface area contributed by atoms with Crippen LogP contribution in [-0.4, -0.2) is 29.9 Å². The zero-order valence-electron chi connectivity index (χ0n) is 10.9. The number of pyridine rings is 1. The molecule has 0 radical (unpaired) electrons. The second kappa shape index (κ2) is 6.40. The van der Waals surface area contributed by atoms with E-state index in [0.717, 1.165) is 12.1 Å². The van der Waals surface area contributed by atoms with E-state index in [9.17, 15) is 8.42 Å². The van der Waals surface area contributed by atoms with Gasteiger partial charge < -0.3 is 5.32 Å². The molecule has 2 aromatic rings. The highest BCUT2D eigenvalue weighted by atomic mass is 32.2. The Morgan fingerprint density at radius 2 is 1.90 bits per heavy atom. The lowest BCUT2D eigenvalue weighted by molar-refractivity contribution is 0.597. The summed E-state index contributed by atoms with van der Waals surface area (Å²) in [6, 6.07) is 4.78. The lowest BCUT2D eigenvalue weighted by atomic mass is 10.3. The van der Waals surface area contributed by atoms with Crippen LogP contribution in [0.5, 0.6) is 0 Å². The minimum atomic E-state index is -3.76. The van der Waals surface area contributed by atoms with E-state index in [1.54, 1.807) is 12.1 Å². The summed E-state index contributed by atoms with van der Waals surface area (Å²) in [5, 5.41) is 3.07. The van der Waals surface area contributed by atoms with Gasteiger partial charge in [-0.2, -0.15) is 8.42 Å². The van der Waals surface area contributed by atoms with Crippen molar-refractivity contribution in [3.63, 3.8) is 0 Å². The average Bonchev–Trinajstić information content (AvgIpc) is 2.46. The van der Waals surface area contributed by atoms with Crippen molar-refractivity contribution < 1.29 is 8.42 Å². The molecule has 0 atom stereocenters. The van der Waals surface area contributed by atoms with E-state index in [0.29, 0.717) is 6.54 Å². The van der Waals surface area contributed by atoms with Crippen molar-refractivity contribution in [2.24, 2.45) is 0 Å². The first-order valence-corrected chi connectivity index (χ1v) is 7.55. The maximum absolute atomic E-state index is 12.1. The molecule has 0 aliphatic carbocycles. The first kappa shape index (κ1) is 14.4. The Hall–Kier alpha value is -2.06. The van der Waals surface area contributed by atoms with Crippen LogP contribution < -0.4 is 10.0 Å². The second-order valence-corrected chi connectivity index (χ2v) is 5.59. The fraction of sp³-hybridized carbons (Fsp3) is 0.250. The van der Waals surface area contributed by atoms with Gasteiger partial charge in [-0.15, -0.1) is 0 Å². The number of nitrogens with one attached hydrogen (secondary N) is 2. The van der Waals surface area contributed by atoms with Crippen LogP contribution in [0.15, 0.2) is 41.8 Å². The molecule has 0 amide bonds. The van der Waals surface area contributed by atoms with Crippen molar-refractivity contribution in [2.45, 2.75) is 18.5 Å². The number of sulfonamides is 1. The summed E-state index contributed by atoms with van der Waals surface area (Å²) in [5.74, 6) is 0.0195. The Labute approximate surface area is 117 Å². The number of hydrogen-bond donors (Lipinski definition) is 2. The van der Waals surface area contributed by atoms with E-state index >= 15 is 0 Å². The molecule has 0 spiro atoms. The van der Waals surface area contributed by atoms with E-state index in [-0.39, 0.29) is 11.0 Å². The van der Waals surface area contributed by atoms with Crippen LogP contribution in [0, 0.1) is 0 Å². The van der Waals surface area contributed by atoms with Gasteiger partial charge in [-0.25, -0.2) is 19.7 Å². The highest BCUT2D eigenvalue weighted by Gasteiger charge is 2.16. The van der Waals surface area contributed by atoms with E-state index < -0.39 is 10.0 Å². The number of rotatable bonds is 6. The maximum Gasteiger partial charge on any atom is 0.281 e. The predicted octanol–water partition coefficient (Wildman–Crippen LogP) is 0.782. The van der Waals surface area contributed by atoms with Gasteiger partial charge in [-0.05, 0) is 24.2 Å². The third-order valence-electron chi connectivity index (χ3n) is 2.44. The molecule has 2 aromatic heterocycles. The van der Waals surface area contributed by atoms with Crippen LogP contribution >= 0.6 is 0 Å². The molecule has 0 fully saturated rings. The topological polar surface area (TPSA) is 96.9 Å².